The minimum atomic E-state index is -2.61. The fraction of sp³-hybridized carbons (Fsp3) is 0.452. The van der Waals surface area contributed by atoms with Crippen LogP contribution in [0.1, 0.15) is 48.5 Å². The molecule has 5 atom stereocenters. The van der Waals surface area contributed by atoms with E-state index in [-0.39, 0.29) is 18.4 Å². The number of anilines is 1. The highest BCUT2D eigenvalue weighted by molar-refractivity contribution is 6.31. The third-order valence-corrected chi connectivity index (χ3v) is 8.72. The lowest BCUT2D eigenvalue weighted by Gasteiger charge is -2.48. The lowest BCUT2D eigenvalue weighted by Crippen LogP contribution is -2.68. The van der Waals surface area contributed by atoms with Gasteiger partial charge in [-0.1, -0.05) is 31.5 Å². The Morgan fingerprint density at radius 3 is 2.38 bits per heavy atom. The topological polar surface area (TPSA) is 144 Å². The van der Waals surface area contributed by atoms with Gasteiger partial charge in [-0.15, -0.1) is 0 Å². The van der Waals surface area contributed by atoms with Crippen molar-refractivity contribution in [2.75, 3.05) is 25.6 Å². The van der Waals surface area contributed by atoms with Crippen molar-refractivity contribution in [1.29, 1.82) is 0 Å². The molecule has 3 aliphatic carbocycles. The molecule has 0 saturated heterocycles. The number of aliphatic hydroxyl groups is 1. The van der Waals surface area contributed by atoms with E-state index in [9.17, 15) is 29.1 Å². The average molecular weight is 547 g/mol. The van der Waals surface area contributed by atoms with Gasteiger partial charge in [-0.05, 0) is 60.1 Å². The van der Waals surface area contributed by atoms with Gasteiger partial charge >= 0.3 is 0 Å². The largest absolute Gasteiger partial charge is 0.493 e. The van der Waals surface area contributed by atoms with Crippen molar-refractivity contribution >= 4 is 34.7 Å². The normalized spacial score (nSPS) is 27.5. The molecular weight excluding hydrogens is 512 g/mol. The number of carbonyl (C=O) groups excluding carboxylic acids is 5. The summed E-state index contributed by atoms with van der Waals surface area (Å²) in [5.74, 6) is -8.93. The molecule has 0 spiro atoms. The molecular formula is C31H34N2O7. The fourth-order valence-corrected chi connectivity index (χ4v) is 6.61. The first kappa shape index (κ1) is 27.7. The van der Waals surface area contributed by atoms with Crippen LogP contribution in [0.2, 0.25) is 0 Å². The van der Waals surface area contributed by atoms with Crippen LogP contribution < -0.4 is 15.4 Å². The van der Waals surface area contributed by atoms with Crippen LogP contribution in [0.25, 0.3) is 11.1 Å². The first-order valence-corrected chi connectivity index (χ1v) is 13.7. The summed E-state index contributed by atoms with van der Waals surface area (Å²) in [4.78, 5) is 67.7. The van der Waals surface area contributed by atoms with E-state index in [2.05, 4.69) is 0 Å². The van der Waals surface area contributed by atoms with Crippen LogP contribution in [0.3, 0.4) is 0 Å². The zero-order valence-electron chi connectivity index (χ0n) is 22.9. The maximum Gasteiger partial charge on any atom is 0.235 e. The average Bonchev–Trinajstić information content (AvgIpc) is 2.90. The zero-order chi connectivity index (χ0) is 28.9. The van der Waals surface area contributed by atoms with Crippen LogP contribution in [0.4, 0.5) is 5.69 Å². The van der Waals surface area contributed by atoms with Crippen LogP contribution in [-0.4, -0.2) is 60.4 Å². The number of hydrogen-bond acceptors (Lipinski definition) is 8. The SMILES string of the molecule is CCCCOc1ccc(-c2ccc(N(C)C)cc2)c2c1C(=O)C1C(=O)[C@]3(O)C(=O)C(C(N)=O)C(=O)C[C@@H]3C[C@@H]1C2. The number of hydrogen-bond donors (Lipinski definition) is 2. The number of fused-ring (bicyclic) bond motifs is 3. The van der Waals surface area contributed by atoms with Crippen molar-refractivity contribution in [2.24, 2.45) is 29.4 Å². The standard InChI is InChI=1S/C31H34N2O7/c1-4-5-12-40-23-11-10-20(16-6-8-19(9-7-16)33(2)3)21-14-17-13-18-15-22(34)26(30(32)38)29(37)31(18,39)28(36)24(17)27(35)25(21)23/h6-11,17-18,24,26,39H,4-5,12-15H2,1-3H3,(H2,32,38)/t17-,18+,24?,26?,31+/m1/s1. The van der Waals surface area contributed by atoms with E-state index in [1.54, 1.807) is 6.07 Å². The van der Waals surface area contributed by atoms with Gasteiger partial charge in [0, 0.05) is 32.1 Å². The Morgan fingerprint density at radius 1 is 1.05 bits per heavy atom. The Labute approximate surface area is 232 Å². The Bertz CT molecular complexity index is 1410. The maximum atomic E-state index is 14.2. The van der Waals surface area contributed by atoms with Crippen LogP contribution >= 0.6 is 0 Å². The molecule has 0 bridgehead atoms. The van der Waals surface area contributed by atoms with Crippen LogP contribution in [0.15, 0.2) is 36.4 Å². The smallest absolute Gasteiger partial charge is 0.235 e. The number of nitrogens with two attached hydrogens (primary N) is 1. The van der Waals surface area contributed by atoms with Crippen molar-refractivity contribution in [3.8, 4) is 16.9 Å². The van der Waals surface area contributed by atoms with E-state index in [1.807, 2.05) is 56.3 Å². The Balaban J connectivity index is 1.61. The molecule has 3 aliphatic rings. The van der Waals surface area contributed by atoms with E-state index in [4.69, 9.17) is 10.5 Å². The third kappa shape index (κ3) is 4.23. The summed E-state index contributed by atoms with van der Waals surface area (Å²) in [6.45, 7) is 2.42. The number of ether oxygens (including phenoxy) is 1. The number of primary amides is 1. The van der Waals surface area contributed by atoms with Crippen molar-refractivity contribution in [3.05, 3.63) is 47.5 Å². The van der Waals surface area contributed by atoms with Gasteiger partial charge in [-0.25, -0.2) is 0 Å². The molecule has 210 valence electrons. The van der Waals surface area contributed by atoms with Gasteiger partial charge in [-0.3, -0.25) is 24.0 Å². The molecule has 9 heteroatoms. The number of unbranched alkanes of at least 4 members (excludes halogenated alkanes) is 1. The van der Waals surface area contributed by atoms with Gasteiger partial charge in [0.1, 0.15) is 5.75 Å². The molecule has 0 heterocycles. The second kappa shape index (κ2) is 10.3. The van der Waals surface area contributed by atoms with Gasteiger partial charge in [0.05, 0.1) is 18.1 Å². The summed E-state index contributed by atoms with van der Waals surface area (Å²) in [6.07, 6.45) is 1.79. The number of benzene rings is 2. The number of rotatable bonds is 7. The van der Waals surface area contributed by atoms with Crippen LogP contribution in [0.5, 0.6) is 5.75 Å². The number of ketones is 4. The molecule has 5 rings (SSSR count). The van der Waals surface area contributed by atoms with E-state index < -0.39 is 58.3 Å². The van der Waals surface area contributed by atoms with E-state index in [1.165, 1.54) is 0 Å². The quantitative estimate of drug-likeness (QED) is 0.398. The van der Waals surface area contributed by atoms with Crippen molar-refractivity contribution in [3.63, 3.8) is 0 Å². The number of amides is 1. The fourth-order valence-electron chi connectivity index (χ4n) is 6.61. The van der Waals surface area contributed by atoms with Gasteiger partial charge in [0.2, 0.25) is 5.91 Å². The van der Waals surface area contributed by atoms with Crippen molar-refractivity contribution in [1.82, 2.24) is 0 Å². The first-order chi connectivity index (χ1) is 19.0. The first-order valence-electron chi connectivity index (χ1n) is 13.7. The molecule has 0 aromatic heterocycles. The van der Waals surface area contributed by atoms with Gasteiger partial charge in [-0.2, -0.15) is 0 Å². The summed E-state index contributed by atoms with van der Waals surface area (Å²) < 4.78 is 6.01. The molecule has 2 unspecified atom stereocenters. The Kier molecular flexibility index (Phi) is 7.12. The summed E-state index contributed by atoms with van der Waals surface area (Å²) in [5.41, 5.74) is 6.47. The molecule has 3 N–H and O–H groups in total. The summed E-state index contributed by atoms with van der Waals surface area (Å²) >= 11 is 0. The number of Topliss-reactive ketones (excluding diaryl/α,β-unsaturated/α-hetero) is 4. The lowest BCUT2D eigenvalue weighted by molar-refractivity contribution is -0.175. The highest BCUT2D eigenvalue weighted by Gasteiger charge is 2.66. The van der Waals surface area contributed by atoms with Crippen LogP contribution in [-0.2, 0) is 25.6 Å². The van der Waals surface area contributed by atoms with Crippen molar-refractivity contribution < 1.29 is 33.8 Å². The summed E-state index contributed by atoms with van der Waals surface area (Å²) in [5, 5.41) is 11.5. The second-order valence-electron chi connectivity index (χ2n) is 11.3. The highest BCUT2D eigenvalue weighted by atomic mass is 16.5. The summed E-state index contributed by atoms with van der Waals surface area (Å²) in [6, 6.07) is 11.6. The molecule has 9 nitrogen and oxygen atoms in total. The van der Waals surface area contributed by atoms with Gasteiger partial charge in [0.25, 0.3) is 0 Å². The highest BCUT2D eigenvalue weighted by Crippen LogP contribution is 2.51. The maximum absolute atomic E-state index is 14.2. The van der Waals surface area contributed by atoms with Gasteiger partial charge < -0.3 is 20.5 Å². The minimum Gasteiger partial charge on any atom is -0.493 e. The number of nitrogens with zero attached hydrogens (tertiary/aromatic N) is 1. The molecule has 2 fully saturated rings. The van der Waals surface area contributed by atoms with Crippen molar-refractivity contribution in [2.45, 2.75) is 44.6 Å². The lowest BCUT2D eigenvalue weighted by atomic mass is 9.53. The Hall–Kier alpha value is -3.85. The zero-order valence-corrected chi connectivity index (χ0v) is 22.9. The third-order valence-electron chi connectivity index (χ3n) is 8.72. The van der Waals surface area contributed by atoms with E-state index in [0.717, 1.165) is 35.2 Å². The molecule has 2 saturated carbocycles. The molecule has 2 aromatic carbocycles. The van der Waals surface area contributed by atoms with E-state index >= 15 is 0 Å². The molecule has 1 amide bonds. The second-order valence-corrected chi connectivity index (χ2v) is 11.3. The predicted octanol–water partition coefficient (Wildman–Crippen LogP) is 2.53. The summed E-state index contributed by atoms with van der Waals surface area (Å²) in [7, 11) is 3.90. The Morgan fingerprint density at radius 2 is 1.75 bits per heavy atom. The molecule has 40 heavy (non-hydrogen) atoms. The number of carbonyl (C=O) groups is 5. The predicted molar refractivity (Wildman–Crippen MR) is 147 cm³/mol. The minimum absolute atomic E-state index is 0.112. The van der Waals surface area contributed by atoms with Gasteiger partial charge in [0.15, 0.2) is 34.7 Å². The molecule has 2 aromatic rings. The van der Waals surface area contributed by atoms with Crippen LogP contribution in [0, 0.1) is 23.7 Å². The molecule has 0 aliphatic heterocycles. The monoisotopic (exact) mass is 546 g/mol. The molecule has 0 radical (unpaired) electrons. The van der Waals surface area contributed by atoms with E-state index in [0.29, 0.717) is 18.8 Å².